The lowest BCUT2D eigenvalue weighted by Gasteiger charge is -2.18. The first kappa shape index (κ1) is 18.3. The van der Waals surface area contributed by atoms with Gasteiger partial charge >= 0.3 is 0 Å². The highest BCUT2D eigenvalue weighted by Gasteiger charge is 2.27. The summed E-state index contributed by atoms with van der Waals surface area (Å²) in [6.45, 7) is 4.35. The lowest BCUT2D eigenvalue weighted by molar-refractivity contribution is -0.129. The van der Waals surface area contributed by atoms with Gasteiger partial charge in [-0.25, -0.2) is 9.37 Å². The van der Waals surface area contributed by atoms with Crippen LogP contribution in [-0.4, -0.2) is 38.4 Å². The number of hydrogen-bond donors (Lipinski definition) is 0. The van der Waals surface area contributed by atoms with E-state index in [2.05, 4.69) is 21.5 Å². The van der Waals surface area contributed by atoms with Crippen molar-refractivity contribution < 1.29 is 9.18 Å². The van der Waals surface area contributed by atoms with Crippen LogP contribution in [0.1, 0.15) is 17.7 Å². The Labute approximate surface area is 163 Å². The summed E-state index contributed by atoms with van der Waals surface area (Å²) in [5.41, 5.74) is 2.87. The lowest BCUT2D eigenvalue weighted by atomic mass is 10.1. The van der Waals surface area contributed by atoms with Crippen molar-refractivity contribution in [2.45, 2.75) is 26.3 Å². The number of likely N-dealkylation sites (tertiary alicyclic amines) is 1. The Morgan fingerprint density at radius 2 is 2.07 bits per heavy atom. The highest BCUT2D eigenvalue weighted by atomic mass is 19.1. The Kier molecular flexibility index (Phi) is 5.19. The second kappa shape index (κ2) is 7.92. The van der Waals surface area contributed by atoms with E-state index in [1.165, 1.54) is 12.1 Å². The van der Waals surface area contributed by atoms with Gasteiger partial charge in [-0.05, 0) is 49.1 Å². The minimum absolute atomic E-state index is 0.0600. The van der Waals surface area contributed by atoms with Crippen molar-refractivity contribution in [2.24, 2.45) is 5.92 Å². The SMILES string of the molecule is Cc1cnc(-c2ccncc2)n1CC1CCN(C(=O)Cc2cccc(F)c2)C1. The van der Waals surface area contributed by atoms with Crippen molar-refractivity contribution in [2.75, 3.05) is 13.1 Å². The summed E-state index contributed by atoms with van der Waals surface area (Å²) in [7, 11) is 0. The number of amides is 1. The molecule has 0 saturated carbocycles. The molecule has 144 valence electrons. The number of carbonyl (C=O) groups excluding carboxylic acids is 1. The molecule has 28 heavy (non-hydrogen) atoms. The van der Waals surface area contributed by atoms with E-state index in [4.69, 9.17) is 0 Å². The Balaban J connectivity index is 1.42. The molecule has 5 nitrogen and oxygen atoms in total. The van der Waals surface area contributed by atoms with Crippen molar-refractivity contribution >= 4 is 5.91 Å². The Morgan fingerprint density at radius 3 is 2.86 bits per heavy atom. The van der Waals surface area contributed by atoms with Gasteiger partial charge in [0.25, 0.3) is 0 Å². The molecular weight excluding hydrogens is 355 g/mol. The monoisotopic (exact) mass is 378 g/mol. The molecule has 1 unspecified atom stereocenters. The minimum atomic E-state index is -0.302. The maximum absolute atomic E-state index is 13.3. The Morgan fingerprint density at radius 1 is 1.25 bits per heavy atom. The van der Waals surface area contributed by atoms with Gasteiger partial charge in [0, 0.05) is 49.5 Å². The standard InChI is InChI=1S/C22H23FN4O/c1-16-13-25-22(19-5-8-24-9-6-19)27(16)15-18-7-10-26(14-18)21(28)12-17-3-2-4-20(23)11-17/h2-6,8-9,11,13,18H,7,10,12,14-15H2,1H3. The number of carbonyl (C=O) groups is 1. The molecule has 1 aromatic carbocycles. The molecule has 1 atom stereocenters. The fourth-order valence-electron chi connectivity index (χ4n) is 3.82. The normalized spacial score (nSPS) is 16.5. The average Bonchev–Trinajstić information content (AvgIpc) is 3.30. The number of hydrogen-bond acceptors (Lipinski definition) is 3. The van der Waals surface area contributed by atoms with Crippen molar-refractivity contribution in [3.8, 4) is 11.4 Å². The Bertz CT molecular complexity index is 970. The van der Waals surface area contributed by atoms with Gasteiger partial charge in [-0.3, -0.25) is 9.78 Å². The summed E-state index contributed by atoms with van der Waals surface area (Å²) in [6, 6.07) is 10.2. The second-order valence-electron chi connectivity index (χ2n) is 7.37. The highest BCUT2D eigenvalue weighted by molar-refractivity contribution is 5.79. The molecule has 0 bridgehead atoms. The summed E-state index contributed by atoms with van der Waals surface area (Å²) in [5, 5.41) is 0. The molecule has 6 heteroatoms. The maximum Gasteiger partial charge on any atom is 0.227 e. The van der Waals surface area contributed by atoms with E-state index in [1.54, 1.807) is 24.5 Å². The van der Waals surface area contributed by atoms with Crippen LogP contribution in [0.4, 0.5) is 4.39 Å². The lowest BCUT2D eigenvalue weighted by Crippen LogP contribution is -2.30. The fraction of sp³-hybridized carbons (Fsp3) is 0.318. The molecule has 1 aliphatic heterocycles. The molecule has 0 radical (unpaired) electrons. The number of benzene rings is 1. The van der Waals surface area contributed by atoms with Crippen LogP contribution in [0.25, 0.3) is 11.4 Å². The maximum atomic E-state index is 13.3. The van der Waals surface area contributed by atoms with E-state index in [1.807, 2.05) is 23.2 Å². The molecule has 0 aliphatic carbocycles. The summed E-state index contributed by atoms with van der Waals surface area (Å²) in [6.07, 6.45) is 6.63. The predicted octanol–water partition coefficient (Wildman–Crippen LogP) is 3.48. The van der Waals surface area contributed by atoms with Crippen LogP contribution in [0.3, 0.4) is 0 Å². The van der Waals surface area contributed by atoms with E-state index in [9.17, 15) is 9.18 Å². The zero-order valence-corrected chi connectivity index (χ0v) is 15.9. The fourth-order valence-corrected chi connectivity index (χ4v) is 3.82. The average molecular weight is 378 g/mol. The number of aryl methyl sites for hydroxylation is 1. The topological polar surface area (TPSA) is 51.0 Å². The molecule has 0 N–H and O–H groups in total. The quantitative estimate of drug-likeness (QED) is 0.683. The summed E-state index contributed by atoms with van der Waals surface area (Å²) < 4.78 is 15.6. The number of rotatable bonds is 5. The summed E-state index contributed by atoms with van der Waals surface area (Å²) in [4.78, 5) is 23.1. The van der Waals surface area contributed by atoms with Gasteiger partial charge < -0.3 is 9.47 Å². The van der Waals surface area contributed by atoms with Crippen molar-refractivity contribution in [1.82, 2.24) is 19.4 Å². The van der Waals surface area contributed by atoms with E-state index in [0.717, 1.165) is 48.7 Å². The van der Waals surface area contributed by atoms with Crippen molar-refractivity contribution in [3.05, 3.63) is 72.1 Å². The zero-order chi connectivity index (χ0) is 19.5. The van der Waals surface area contributed by atoms with Gasteiger partial charge in [-0.2, -0.15) is 0 Å². The smallest absolute Gasteiger partial charge is 0.227 e. The van der Waals surface area contributed by atoms with Crippen LogP contribution in [-0.2, 0) is 17.8 Å². The van der Waals surface area contributed by atoms with Crippen LogP contribution in [0.5, 0.6) is 0 Å². The summed E-state index contributed by atoms with van der Waals surface area (Å²) in [5.74, 6) is 1.07. The molecule has 1 saturated heterocycles. The zero-order valence-electron chi connectivity index (χ0n) is 15.9. The van der Waals surface area contributed by atoms with Gasteiger partial charge in [-0.1, -0.05) is 12.1 Å². The van der Waals surface area contributed by atoms with Crippen molar-refractivity contribution in [1.29, 1.82) is 0 Å². The number of pyridine rings is 1. The molecule has 1 amide bonds. The first-order chi connectivity index (χ1) is 13.6. The van der Waals surface area contributed by atoms with Gasteiger partial charge in [0.2, 0.25) is 5.91 Å². The van der Waals surface area contributed by atoms with Crippen LogP contribution >= 0.6 is 0 Å². The molecule has 3 aromatic rings. The van der Waals surface area contributed by atoms with Gasteiger partial charge in [0.05, 0.1) is 6.42 Å². The second-order valence-corrected chi connectivity index (χ2v) is 7.37. The third kappa shape index (κ3) is 3.96. The third-order valence-electron chi connectivity index (χ3n) is 5.32. The molecule has 4 rings (SSSR count). The van der Waals surface area contributed by atoms with E-state index >= 15 is 0 Å². The van der Waals surface area contributed by atoms with Gasteiger partial charge in [-0.15, -0.1) is 0 Å². The first-order valence-electron chi connectivity index (χ1n) is 9.55. The highest BCUT2D eigenvalue weighted by Crippen LogP contribution is 2.24. The van der Waals surface area contributed by atoms with E-state index in [0.29, 0.717) is 5.92 Å². The number of halogens is 1. The molecule has 3 heterocycles. The molecule has 0 spiro atoms. The molecule has 1 fully saturated rings. The molecular formula is C22H23FN4O. The molecule has 1 aliphatic rings. The van der Waals surface area contributed by atoms with E-state index < -0.39 is 0 Å². The number of imidazole rings is 1. The first-order valence-corrected chi connectivity index (χ1v) is 9.55. The van der Waals surface area contributed by atoms with Crippen LogP contribution < -0.4 is 0 Å². The minimum Gasteiger partial charge on any atom is -0.342 e. The number of aromatic nitrogens is 3. The van der Waals surface area contributed by atoms with Gasteiger partial charge in [0.1, 0.15) is 11.6 Å². The van der Waals surface area contributed by atoms with E-state index in [-0.39, 0.29) is 18.1 Å². The predicted molar refractivity (Wildman–Crippen MR) is 105 cm³/mol. The largest absolute Gasteiger partial charge is 0.342 e. The van der Waals surface area contributed by atoms with Gasteiger partial charge in [0.15, 0.2) is 0 Å². The van der Waals surface area contributed by atoms with Crippen LogP contribution in [0.2, 0.25) is 0 Å². The third-order valence-corrected chi connectivity index (χ3v) is 5.32. The van der Waals surface area contributed by atoms with Crippen LogP contribution in [0, 0.1) is 18.7 Å². The Hall–Kier alpha value is -3.02. The molecule has 2 aromatic heterocycles. The number of nitrogens with zero attached hydrogens (tertiary/aromatic N) is 4. The summed E-state index contributed by atoms with van der Waals surface area (Å²) >= 11 is 0. The van der Waals surface area contributed by atoms with Crippen molar-refractivity contribution in [3.63, 3.8) is 0 Å². The van der Waals surface area contributed by atoms with Crippen LogP contribution in [0.15, 0.2) is 55.0 Å².